The van der Waals surface area contributed by atoms with Crippen LogP contribution in [0.2, 0.25) is 0 Å². The zero-order valence-electron chi connectivity index (χ0n) is 18.1. The molecule has 30 heavy (non-hydrogen) atoms. The molecule has 1 aliphatic heterocycles. The normalized spacial score (nSPS) is 18.2. The van der Waals surface area contributed by atoms with Crippen molar-refractivity contribution in [2.24, 2.45) is 0 Å². The minimum Gasteiger partial charge on any atom is -0.497 e. The summed E-state index contributed by atoms with van der Waals surface area (Å²) in [5, 5.41) is 0. The number of ether oxygens (including phenoxy) is 1. The molecule has 0 radical (unpaired) electrons. The average molecular weight is 464 g/mol. The van der Waals surface area contributed by atoms with Crippen molar-refractivity contribution in [2.75, 3.05) is 18.6 Å². The number of nitrogens with zero attached hydrogens (tertiary/aromatic N) is 1. The van der Waals surface area contributed by atoms with Gasteiger partial charge in [0, 0.05) is 16.7 Å². The number of methoxy groups -OCH3 is 1. The van der Waals surface area contributed by atoms with E-state index in [4.69, 9.17) is 4.74 Å². The SMILES string of the molecule is CCCCc1ccc(N2CCc3cc(OC)ccc3C2(C)c2ccc(Br)cc2)cc1. The third-order valence-corrected chi connectivity index (χ3v) is 6.98. The zero-order valence-corrected chi connectivity index (χ0v) is 19.7. The molecule has 0 saturated carbocycles. The lowest BCUT2D eigenvalue weighted by atomic mass is 9.76. The molecule has 3 aromatic rings. The van der Waals surface area contributed by atoms with Gasteiger partial charge in [-0.15, -0.1) is 0 Å². The minimum absolute atomic E-state index is 0.245. The molecule has 0 aliphatic carbocycles. The quantitative estimate of drug-likeness (QED) is 0.385. The molecule has 0 saturated heterocycles. The van der Waals surface area contributed by atoms with Crippen LogP contribution in [0.25, 0.3) is 0 Å². The highest BCUT2D eigenvalue weighted by atomic mass is 79.9. The molecule has 2 nitrogen and oxygen atoms in total. The molecule has 1 unspecified atom stereocenters. The fourth-order valence-electron chi connectivity index (χ4n) is 4.68. The van der Waals surface area contributed by atoms with E-state index in [1.165, 1.54) is 40.8 Å². The Morgan fingerprint density at radius 1 is 1.00 bits per heavy atom. The van der Waals surface area contributed by atoms with Crippen LogP contribution in [0.1, 0.15) is 48.9 Å². The van der Waals surface area contributed by atoms with Gasteiger partial charge < -0.3 is 9.64 Å². The Labute approximate surface area is 189 Å². The van der Waals surface area contributed by atoms with Crippen molar-refractivity contribution in [2.45, 2.75) is 45.1 Å². The van der Waals surface area contributed by atoms with Crippen molar-refractivity contribution < 1.29 is 4.74 Å². The van der Waals surface area contributed by atoms with Crippen molar-refractivity contribution in [3.8, 4) is 5.75 Å². The molecule has 1 heterocycles. The minimum atomic E-state index is -0.245. The first-order valence-electron chi connectivity index (χ1n) is 10.9. The average Bonchev–Trinajstić information content (AvgIpc) is 2.78. The predicted molar refractivity (Wildman–Crippen MR) is 130 cm³/mol. The molecule has 0 N–H and O–H groups in total. The molecule has 0 amide bonds. The third kappa shape index (κ3) is 3.88. The molecule has 3 heteroatoms. The molecule has 3 aromatic carbocycles. The lowest BCUT2D eigenvalue weighted by Gasteiger charge is -2.48. The maximum absolute atomic E-state index is 5.51. The van der Waals surface area contributed by atoms with Gasteiger partial charge in [0.15, 0.2) is 0 Å². The van der Waals surface area contributed by atoms with Gasteiger partial charge in [-0.3, -0.25) is 0 Å². The summed E-state index contributed by atoms with van der Waals surface area (Å²) in [5.74, 6) is 0.931. The van der Waals surface area contributed by atoms with E-state index >= 15 is 0 Å². The summed E-state index contributed by atoms with van der Waals surface area (Å²) in [6.07, 6.45) is 4.64. The predicted octanol–water partition coefficient (Wildman–Crippen LogP) is 7.13. The van der Waals surface area contributed by atoms with Crippen LogP contribution in [-0.2, 0) is 18.4 Å². The molecular formula is C27H30BrNO. The van der Waals surface area contributed by atoms with Crippen molar-refractivity contribution in [1.29, 1.82) is 0 Å². The first kappa shape index (κ1) is 21.0. The van der Waals surface area contributed by atoms with Gasteiger partial charge in [-0.25, -0.2) is 0 Å². The van der Waals surface area contributed by atoms with Crippen LogP contribution in [0.3, 0.4) is 0 Å². The maximum atomic E-state index is 5.51. The first-order chi connectivity index (χ1) is 14.6. The molecule has 156 valence electrons. The summed E-state index contributed by atoms with van der Waals surface area (Å²) in [5.41, 5.74) is 6.48. The Hall–Kier alpha value is -2.26. The Kier molecular flexibility index (Phi) is 6.19. The van der Waals surface area contributed by atoms with Crippen molar-refractivity contribution in [3.63, 3.8) is 0 Å². The highest BCUT2D eigenvalue weighted by Gasteiger charge is 2.40. The Balaban J connectivity index is 1.80. The summed E-state index contributed by atoms with van der Waals surface area (Å²) in [4.78, 5) is 2.56. The van der Waals surface area contributed by atoms with Gasteiger partial charge in [0.05, 0.1) is 12.6 Å². The van der Waals surface area contributed by atoms with Crippen LogP contribution in [0, 0.1) is 0 Å². The molecule has 0 fully saturated rings. The molecule has 4 rings (SSSR count). The Morgan fingerprint density at radius 3 is 2.40 bits per heavy atom. The van der Waals surface area contributed by atoms with E-state index in [0.717, 1.165) is 29.6 Å². The molecular weight excluding hydrogens is 434 g/mol. The van der Waals surface area contributed by atoms with E-state index in [1.807, 2.05) is 0 Å². The number of unbranched alkanes of at least 4 members (excludes halogenated alkanes) is 1. The lowest BCUT2D eigenvalue weighted by molar-refractivity contribution is 0.411. The van der Waals surface area contributed by atoms with Gasteiger partial charge in [-0.05, 0) is 84.8 Å². The van der Waals surface area contributed by atoms with E-state index in [-0.39, 0.29) is 5.54 Å². The number of hydrogen-bond acceptors (Lipinski definition) is 2. The van der Waals surface area contributed by atoms with Crippen LogP contribution in [0.4, 0.5) is 5.69 Å². The summed E-state index contributed by atoms with van der Waals surface area (Å²) < 4.78 is 6.61. The third-order valence-electron chi connectivity index (χ3n) is 6.45. The monoisotopic (exact) mass is 463 g/mol. The number of fused-ring (bicyclic) bond motifs is 1. The molecule has 0 bridgehead atoms. The number of benzene rings is 3. The second-order valence-corrected chi connectivity index (χ2v) is 9.19. The number of halogens is 1. The van der Waals surface area contributed by atoms with Crippen LogP contribution in [0.5, 0.6) is 5.75 Å². The molecule has 0 spiro atoms. The van der Waals surface area contributed by atoms with Crippen LogP contribution < -0.4 is 9.64 Å². The number of anilines is 1. The smallest absolute Gasteiger partial charge is 0.119 e. The van der Waals surface area contributed by atoms with E-state index in [9.17, 15) is 0 Å². The molecule has 1 atom stereocenters. The Bertz CT molecular complexity index is 996. The van der Waals surface area contributed by atoms with Gasteiger partial charge in [-0.1, -0.05) is 59.6 Å². The second kappa shape index (κ2) is 8.85. The topological polar surface area (TPSA) is 12.5 Å². The first-order valence-corrected chi connectivity index (χ1v) is 11.7. The Morgan fingerprint density at radius 2 is 1.73 bits per heavy atom. The maximum Gasteiger partial charge on any atom is 0.119 e. The largest absolute Gasteiger partial charge is 0.497 e. The summed E-state index contributed by atoms with van der Waals surface area (Å²) in [6, 6.07) is 24.5. The fourth-order valence-corrected chi connectivity index (χ4v) is 4.94. The van der Waals surface area contributed by atoms with E-state index < -0.39 is 0 Å². The van der Waals surface area contributed by atoms with Crippen LogP contribution in [-0.4, -0.2) is 13.7 Å². The van der Waals surface area contributed by atoms with Gasteiger partial charge in [0.1, 0.15) is 5.75 Å². The van der Waals surface area contributed by atoms with Gasteiger partial charge in [0.2, 0.25) is 0 Å². The van der Waals surface area contributed by atoms with Crippen molar-refractivity contribution in [1.82, 2.24) is 0 Å². The van der Waals surface area contributed by atoms with E-state index in [2.05, 4.69) is 101 Å². The fraction of sp³-hybridized carbons (Fsp3) is 0.333. The van der Waals surface area contributed by atoms with Gasteiger partial charge in [0.25, 0.3) is 0 Å². The van der Waals surface area contributed by atoms with Crippen molar-refractivity contribution >= 4 is 21.6 Å². The molecule has 1 aliphatic rings. The molecule has 0 aromatic heterocycles. The van der Waals surface area contributed by atoms with E-state index in [0.29, 0.717) is 0 Å². The number of aryl methyl sites for hydroxylation is 1. The summed E-state index contributed by atoms with van der Waals surface area (Å²) >= 11 is 3.60. The lowest BCUT2D eigenvalue weighted by Crippen LogP contribution is -2.49. The second-order valence-electron chi connectivity index (χ2n) is 8.27. The van der Waals surface area contributed by atoms with Gasteiger partial charge in [-0.2, -0.15) is 0 Å². The highest BCUT2D eigenvalue weighted by molar-refractivity contribution is 9.10. The van der Waals surface area contributed by atoms with Gasteiger partial charge >= 0.3 is 0 Å². The van der Waals surface area contributed by atoms with Crippen molar-refractivity contribution in [3.05, 3.63) is 93.5 Å². The number of rotatable bonds is 6. The zero-order chi connectivity index (χ0) is 21.1. The van der Waals surface area contributed by atoms with E-state index in [1.54, 1.807) is 7.11 Å². The summed E-state index contributed by atoms with van der Waals surface area (Å²) in [6.45, 7) is 5.57. The highest BCUT2D eigenvalue weighted by Crippen LogP contribution is 2.44. The van der Waals surface area contributed by atoms with Crippen LogP contribution in [0.15, 0.2) is 71.2 Å². The standard InChI is InChI=1S/C27H30BrNO/c1-4-5-6-20-7-13-24(14-8-20)29-18-17-21-19-25(30-3)15-16-26(21)27(29,2)22-9-11-23(28)12-10-22/h7-16,19H,4-6,17-18H2,1-3H3. The van der Waals surface area contributed by atoms with Crippen LogP contribution >= 0.6 is 15.9 Å². The summed E-state index contributed by atoms with van der Waals surface area (Å²) in [7, 11) is 1.74. The number of hydrogen-bond donors (Lipinski definition) is 0.